The quantitative estimate of drug-likeness (QED) is 0.112. The fraction of sp³-hybridized carbons (Fsp3) is 0.471. The van der Waals surface area contributed by atoms with Crippen molar-refractivity contribution in [2.45, 2.75) is 72.0 Å². The Hall–Kier alpha value is -3.78. The molecule has 1 fully saturated rings. The van der Waals surface area contributed by atoms with Crippen molar-refractivity contribution < 1.29 is 24.4 Å². The van der Waals surface area contributed by atoms with Crippen LogP contribution in [0.5, 0.6) is 23.0 Å². The maximum absolute atomic E-state index is 11.0. The Kier molecular flexibility index (Phi) is 9.36. The number of benzene rings is 2. The molecule has 2 aromatic carbocycles. The van der Waals surface area contributed by atoms with Gasteiger partial charge in [0, 0.05) is 24.7 Å². The van der Waals surface area contributed by atoms with Crippen molar-refractivity contribution in [3.8, 4) is 23.0 Å². The minimum atomic E-state index is -0.365. The number of aliphatic hydroxyl groups excluding tert-OH is 1. The summed E-state index contributed by atoms with van der Waals surface area (Å²) in [7, 11) is 3.30. The Morgan fingerprint density at radius 1 is 1.12 bits per heavy atom. The SMILES string of the molecule is CN=CC(COc1cc(/C=C/c2cc3c(c(OC)c2)O[C@]2(C)CC[C@@H](O)C(C)(C)[C@H]2C3)cc(O)c1CC=C(C)C)=NN. The fourth-order valence-electron chi connectivity index (χ4n) is 6.23. The van der Waals surface area contributed by atoms with Crippen LogP contribution in [0.2, 0.25) is 0 Å². The Morgan fingerprint density at radius 3 is 2.45 bits per heavy atom. The van der Waals surface area contributed by atoms with Crippen LogP contribution in [0, 0.1) is 11.3 Å². The molecule has 4 rings (SSSR count). The van der Waals surface area contributed by atoms with Gasteiger partial charge in [-0.15, -0.1) is 0 Å². The van der Waals surface area contributed by atoms with Gasteiger partial charge in [-0.2, -0.15) is 5.10 Å². The molecule has 1 heterocycles. The summed E-state index contributed by atoms with van der Waals surface area (Å²) in [6.45, 7) is 10.6. The summed E-state index contributed by atoms with van der Waals surface area (Å²) in [5.74, 6) is 7.81. The van der Waals surface area contributed by atoms with Crippen LogP contribution in [0.25, 0.3) is 12.2 Å². The first-order valence-corrected chi connectivity index (χ1v) is 14.5. The molecule has 0 spiro atoms. The summed E-state index contributed by atoms with van der Waals surface area (Å²) in [5.41, 5.74) is 4.46. The second-order valence-corrected chi connectivity index (χ2v) is 12.4. The monoisotopic (exact) mass is 575 g/mol. The highest BCUT2D eigenvalue weighted by atomic mass is 16.5. The Balaban J connectivity index is 1.67. The first-order valence-electron chi connectivity index (χ1n) is 14.5. The van der Waals surface area contributed by atoms with Gasteiger partial charge in [-0.3, -0.25) is 4.99 Å². The number of methoxy groups -OCH3 is 1. The van der Waals surface area contributed by atoms with E-state index in [1.54, 1.807) is 26.4 Å². The van der Waals surface area contributed by atoms with Crippen LogP contribution in [-0.4, -0.2) is 54.6 Å². The zero-order chi connectivity index (χ0) is 30.7. The molecule has 1 aliphatic carbocycles. The van der Waals surface area contributed by atoms with E-state index in [0.29, 0.717) is 29.2 Å². The Morgan fingerprint density at radius 2 is 1.81 bits per heavy atom. The standard InChI is InChI=1S/C34H45N3O5/c1-21(2)8-11-26-27(38)15-23(16-28(26)41-20-25(37-35)19-36-6)10-9-22-14-24-18-30-33(3,4)31(39)12-13-34(30,5)42-32(24)29(17-22)40-7/h8-10,14-17,19,30-31,38-39H,11-13,18,20,35H2,1-7H3/b10-9+,36-19?,37-25?/t30-,31-,34-/m1/s1. The van der Waals surface area contributed by atoms with Crippen LogP contribution >= 0.6 is 0 Å². The average molecular weight is 576 g/mol. The van der Waals surface area contributed by atoms with Gasteiger partial charge < -0.3 is 30.3 Å². The molecule has 2 aliphatic rings. The molecule has 0 radical (unpaired) electrons. The van der Waals surface area contributed by atoms with Crippen LogP contribution < -0.4 is 20.1 Å². The molecule has 4 N–H and O–H groups in total. The van der Waals surface area contributed by atoms with Crippen molar-refractivity contribution in [1.29, 1.82) is 0 Å². The molecule has 0 unspecified atom stereocenters. The van der Waals surface area contributed by atoms with Crippen molar-refractivity contribution in [1.82, 2.24) is 0 Å². The normalized spacial score (nSPS) is 23.3. The topological polar surface area (TPSA) is 119 Å². The lowest BCUT2D eigenvalue weighted by Crippen LogP contribution is -2.58. The summed E-state index contributed by atoms with van der Waals surface area (Å²) in [4.78, 5) is 3.96. The smallest absolute Gasteiger partial charge is 0.165 e. The zero-order valence-corrected chi connectivity index (χ0v) is 25.9. The van der Waals surface area contributed by atoms with E-state index < -0.39 is 0 Å². The number of ether oxygens (including phenoxy) is 3. The lowest BCUT2D eigenvalue weighted by atomic mass is 9.57. The first kappa shape index (κ1) is 31.2. The summed E-state index contributed by atoms with van der Waals surface area (Å²) in [6.07, 6.45) is 9.98. The van der Waals surface area contributed by atoms with Gasteiger partial charge in [-0.25, -0.2) is 0 Å². The highest BCUT2D eigenvalue weighted by molar-refractivity contribution is 6.31. The van der Waals surface area contributed by atoms with Crippen molar-refractivity contribution in [2.75, 3.05) is 20.8 Å². The fourth-order valence-corrected chi connectivity index (χ4v) is 6.23. The number of allylic oxidation sites excluding steroid dienone is 2. The number of hydrogen-bond acceptors (Lipinski definition) is 8. The Bertz CT molecular complexity index is 1420. The van der Waals surface area contributed by atoms with Crippen molar-refractivity contribution in [2.24, 2.45) is 27.3 Å². The van der Waals surface area contributed by atoms with Crippen LogP contribution in [0.15, 0.2) is 46.0 Å². The molecule has 8 heteroatoms. The van der Waals surface area contributed by atoms with E-state index in [9.17, 15) is 10.2 Å². The number of rotatable bonds is 9. The summed E-state index contributed by atoms with van der Waals surface area (Å²) in [5, 5.41) is 25.5. The predicted octanol–water partition coefficient (Wildman–Crippen LogP) is 5.96. The highest BCUT2D eigenvalue weighted by Gasteiger charge is 2.54. The third-order valence-corrected chi connectivity index (χ3v) is 8.75. The molecule has 0 bridgehead atoms. The van der Waals surface area contributed by atoms with Gasteiger partial charge in [-0.1, -0.05) is 37.6 Å². The van der Waals surface area contributed by atoms with Crippen LogP contribution in [0.3, 0.4) is 0 Å². The number of nitrogens with two attached hydrogens (primary N) is 1. The van der Waals surface area contributed by atoms with Crippen molar-refractivity contribution >= 4 is 24.1 Å². The van der Waals surface area contributed by atoms with Crippen LogP contribution in [0.4, 0.5) is 0 Å². The summed E-state index contributed by atoms with van der Waals surface area (Å²) < 4.78 is 18.5. The molecule has 1 saturated carbocycles. The maximum Gasteiger partial charge on any atom is 0.165 e. The van der Waals surface area contributed by atoms with E-state index >= 15 is 0 Å². The van der Waals surface area contributed by atoms with E-state index in [2.05, 4.69) is 36.9 Å². The lowest BCUT2D eigenvalue weighted by Gasteiger charge is -2.55. The number of aliphatic hydroxyl groups is 1. The van der Waals surface area contributed by atoms with Crippen LogP contribution in [-0.2, 0) is 12.8 Å². The molecule has 0 amide bonds. The number of fused-ring (bicyclic) bond motifs is 2. The molecule has 3 atom stereocenters. The van der Waals surface area contributed by atoms with Gasteiger partial charge in [0.1, 0.15) is 29.4 Å². The van der Waals surface area contributed by atoms with Gasteiger partial charge in [0.25, 0.3) is 0 Å². The lowest BCUT2D eigenvalue weighted by molar-refractivity contribution is -0.138. The summed E-state index contributed by atoms with van der Waals surface area (Å²) in [6, 6.07) is 7.73. The molecule has 2 aromatic rings. The number of phenolic OH excluding ortho intramolecular Hbond substituents is 1. The van der Waals surface area contributed by atoms with Crippen molar-refractivity contribution in [3.05, 3.63) is 58.2 Å². The largest absolute Gasteiger partial charge is 0.507 e. The van der Waals surface area contributed by atoms with Gasteiger partial charge in [-0.05, 0) is 92.8 Å². The number of nitrogens with zero attached hydrogens (tertiary/aromatic N) is 2. The second kappa shape index (κ2) is 12.6. The van der Waals surface area contributed by atoms with E-state index in [1.165, 1.54) is 0 Å². The van der Waals surface area contributed by atoms with Gasteiger partial charge in [0.05, 0.1) is 13.2 Å². The minimum Gasteiger partial charge on any atom is -0.507 e. The van der Waals surface area contributed by atoms with Gasteiger partial charge in [0.15, 0.2) is 11.5 Å². The molecule has 1 aliphatic heterocycles. The third-order valence-electron chi connectivity index (χ3n) is 8.75. The minimum absolute atomic E-state index is 0.120. The third kappa shape index (κ3) is 6.49. The molecule has 0 aromatic heterocycles. The second-order valence-electron chi connectivity index (χ2n) is 12.4. The molecular weight excluding hydrogens is 530 g/mol. The van der Waals surface area contributed by atoms with Crippen molar-refractivity contribution in [3.63, 3.8) is 0 Å². The van der Waals surface area contributed by atoms with E-state index in [0.717, 1.165) is 47.3 Å². The van der Waals surface area contributed by atoms with Crippen LogP contribution in [0.1, 0.15) is 69.7 Å². The first-order chi connectivity index (χ1) is 19.9. The Labute approximate surface area is 249 Å². The maximum atomic E-state index is 11.0. The number of phenols is 1. The number of hydrazone groups is 1. The molecule has 0 saturated heterocycles. The molecule has 226 valence electrons. The number of hydrogen-bond donors (Lipinski definition) is 3. The average Bonchev–Trinajstić information content (AvgIpc) is 2.94. The number of aliphatic imine (C=N–C) groups is 1. The predicted molar refractivity (Wildman–Crippen MR) is 170 cm³/mol. The molecule has 42 heavy (non-hydrogen) atoms. The van der Waals surface area contributed by atoms with E-state index in [-0.39, 0.29) is 35.4 Å². The van der Waals surface area contributed by atoms with Gasteiger partial charge in [0.2, 0.25) is 0 Å². The molecular formula is C34H45N3O5. The zero-order valence-electron chi connectivity index (χ0n) is 25.9. The van der Waals surface area contributed by atoms with E-state index in [1.807, 2.05) is 44.2 Å². The highest BCUT2D eigenvalue weighted by Crippen LogP contribution is 2.55. The number of aromatic hydroxyl groups is 1. The molecule has 8 nitrogen and oxygen atoms in total. The van der Waals surface area contributed by atoms with E-state index in [4.69, 9.17) is 20.1 Å². The van der Waals surface area contributed by atoms with Gasteiger partial charge >= 0.3 is 0 Å². The summed E-state index contributed by atoms with van der Waals surface area (Å²) >= 11 is 0.